The number of halogens is 1. The van der Waals surface area contributed by atoms with Crippen LogP contribution in [-0.4, -0.2) is 33.0 Å². The SMILES string of the molecule is CC(C)C(NC(=O)c1ccc([N+](=O)[O-])cc1Cl)C(=O)OCc1nnc(-c2ccccc2)o1. The van der Waals surface area contributed by atoms with Crippen molar-refractivity contribution in [3.05, 3.63) is 75.1 Å². The molecule has 166 valence electrons. The average Bonchev–Trinajstić information content (AvgIpc) is 3.25. The Balaban J connectivity index is 1.64. The number of hydrogen-bond donors (Lipinski definition) is 1. The lowest BCUT2D eigenvalue weighted by atomic mass is 10.0. The Labute approximate surface area is 187 Å². The molecule has 0 spiro atoms. The Hall–Kier alpha value is -3.79. The highest BCUT2D eigenvalue weighted by atomic mass is 35.5. The van der Waals surface area contributed by atoms with E-state index in [1.165, 1.54) is 6.07 Å². The minimum absolute atomic E-state index is 0.000112. The lowest BCUT2D eigenvalue weighted by molar-refractivity contribution is -0.384. The zero-order chi connectivity index (χ0) is 23.3. The molecule has 2 aromatic carbocycles. The molecule has 3 aromatic rings. The summed E-state index contributed by atoms with van der Waals surface area (Å²) in [5.74, 6) is -1.29. The molecule has 0 saturated carbocycles. The lowest BCUT2D eigenvalue weighted by Crippen LogP contribution is -2.45. The van der Waals surface area contributed by atoms with E-state index in [0.717, 1.165) is 17.7 Å². The number of nitrogens with zero attached hydrogens (tertiary/aromatic N) is 3. The van der Waals surface area contributed by atoms with Crippen LogP contribution >= 0.6 is 11.6 Å². The monoisotopic (exact) mass is 458 g/mol. The van der Waals surface area contributed by atoms with Gasteiger partial charge in [-0.3, -0.25) is 14.9 Å². The third-order valence-electron chi connectivity index (χ3n) is 4.44. The van der Waals surface area contributed by atoms with Crippen molar-refractivity contribution in [2.45, 2.75) is 26.5 Å². The maximum absolute atomic E-state index is 12.6. The van der Waals surface area contributed by atoms with Crippen molar-refractivity contribution in [3.8, 4) is 11.5 Å². The summed E-state index contributed by atoms with van der Waals surface area (Å²) in [7, 11) is 0. The molecule has 1 aromatic heterocycles. The largest absolute Gasteiger partial charge is 0.454 e. The van der Waals surface area contributed by atoms with Crippen molar-refractivity contribution in [1.29, 1.82) is 0 Å². The number of aromatic nitrogens is 2. The second-order valence-electron chi connectivity index (χ2n) is 7.09. The van der Waals surface area contributed by atoms with Crippen molar-refractivity contribution in [1.82, 2.24) is 15.5 Å². The number of hydrogen-bond acceptors (Lipinski definition) is 8. The van der Waals surface area contributed by atoms with Crippen LogP contribution in [0.4, 0.5) is 5.69 Å². The van der Waals surface area contributed by atoms with Gasteiger partial charge in [0.25, 0.3) is 17.5 Å². The van der Waals surface area contributed by atoms with Gasteiger partial charge in [0.1, 0.15) is 6.04 Å². The summed E-state index contributed by atoms with van der Waals surface area (Å²) >= 11 is 6.00. The molecule has 1 unspecified atom stereocenters. The zero-order valence-corrected chi connectivity index (χ0v) is 17.9. The standard InChI is InChI=1S/C21H19ClN4O6/c1-12(2)18(23-19(27)15-9-8-14(26(29)30)10-16(15)22)21(28)31-11-17-24-25-20(32-17)13-6-4-3-5-7-13/h3-10,12,18H,11H2,1-2H3,(H,23,27). The number of nitro benzene ring substituents is 1. The molecule has 32 heavy (non-hydrogen) atoms. The summed E-state index contributed by atoms with van der Waals surface area (Å²) in [6, 6.07) is 11.6. The number of non-ortho nitro benzene ring substituents is 1. The van der Waals surface area contributed by atoms with E-state index in [1.54, 1.807) is 26.0 Å². The molecule has 1 N–H and O–H groups in total. The third kappa shape index (κ3) is 5.46. The number of esters is 1. The molecule has 1 atom stereocenters. The molecule has 0 aliphatic rings. The first-order valence-corrected chi connectivity index (χ1v) is 9.93. The highest BCUT2D eigenvalue weighted by molar-refractivity contribution is 6.34. The molecule has 0 radical (unpaired) electrons. The van der Waals surface area contributed by atoms with Gasteiger partial charge in [0, 0.05) is 17.7 Å². The van der Waals surface area contributed by atoms with Crippen LogP contribution in [0.1, 0.15) is 30.1 Å². The molecule has 10 nitrogen and oxygen atoms in total. The zero-order valence-electron chi connectivity index (χ0n) is 17.1. The van der Waals surface area contributed by atoms with Gasteiger partial charge in [-0.05, 0) is 24.1 Å². The van der Waals surface area contributed by atoms with E-state index >= 15 is 0 Å². The first kappa shape index (κ1) is 22.9. The normalized spacial score (nSPS) is 11.8. The van der Waals surface area contributed by atoms with E-state index in [4.69, 9.17) is 20.8 Å². The number of carbonyl (C=O) groups is 2. The van der Waals surface area contributed by atoms with Crippen LogP contribution in [0.5, 0.6) is 0 Å². The van der Waals surface area contributed by atoms with Crippen molar-refractivity contribution < 1.29 is 23.7 Å². The van der Waals surface area contributed by atoms with E-state index < -0.39 is 22.8 Å². The average molecular weight is 459 g/mol. The van der Waals surface area contributed by atoms with Gasteiger partial charge >= 0.3 is 5.97 Å². The van der Waals surface area contributed by atoms with E-state index in [2.05, 4.69) is 15.5 Å². The van der Waals surface area contributed by atoms with Crippen LogP contribution in [0.25, 0.3) is 11.5 Å². The predicted octanol–water partition coefficient (Wildman–Crippen LogP) is 3.80. The van der Waals surface area contributed by atoms with Gasteiger partial charge in [0.15, 0.2) is 6.61 Å². The van der Waals surface area contributed by atoms with E-state index in [9.17, 15) is 19.7 Å². The summed E-state index contributed by atoms with van der Waals surface area (Å²) < 4.78 is 10.7. The third-order valence-corrected chi connectivity index (χ3v) is 4.75. The number of ether oxygens (including phenoxy) is 1. The van der Waals surface area contributed by atoms with Gasteiger partial charge in [-0.2, -0.15) is 0 Å². The molecule has 0 aliphatic heterocycles. The molecule has 1 heterocycles. The summed E-state index contributed by atoms with van der Waals surface area (Å²) in [5, 5.41) is 21.1. The van der Waals surface area contributed by atoms with Crippen LogP contribution in [0.2, 0.25) is 5.02 Å². The fraction of sp³-hybridized carbons (Fsp3) is 0.238. The molecule has 0 bridgehead atoms. The first-order chi connectivity index (χ1) is 15.3. The molecule has 1 amide bonds. The van der Waals surface area contributed by atoms with Gasteiger partial charge in [0.2, 0.25) is 5.89 Å². The summed E-state index contributed by atoms with van der Waals surface area (Å²) in [6.07, 6.45) is 0. The molecule has 0 fully saturated rings. The molecule has 3 rings (SSSR count). The Morgan fingerprint density at radius 2 is 1.91 bits per heavy atom. The maximum Gasteiger partial charge on any atom is 0.329 e. The summed E-state index contributed by atoms with van der Waals surface area (Å²) in [5.41, 5.74) is 0.478. The summed E-state index contributed by atoms with van der Waals surface area (Å²) in [6.45, 7) is 3.18. The predicted molar refractivity (Wildman–Crippen MR) is 114 cm³/mol. The minimum Gasteiger partial charge on any atom is -0.454 e. The molecule has 0 aliphatic carbocycles. The molecule has 0 saturated heterocycles. The Bertz CT molecular complexity index is 1130. The second-order valence-corrected chi connectivity index (χ2v) is 7.50. The minimum atomic E-state index is -0.995. The van der Waals surface area contributed by atoms with Crippen LogP contribution < -0.4 is 5.32 Å². The highest BCUT2D eigenvalue weighted by Gasteiger charge is 2.28. The van der Waals surface area contributed by atoms with Crippen molar-refractivity contribution in [3.63, 3.8) is 0 Å². The van der Waals surface area contributed by atoms with Crippen LogP contribution in [0.3, 0.4) is 0 Å². The van der Waals surface area contributed by atoms with Gasteiger partial charge in [-0.15, -0.1) is 10.2 Å². The lowest BCUT2D eigenvalue weighted by Gasteiger charge is -2.20. The number of nitro groups is 1. The maximum atomic E-state index is 12.6. The van der Waals surface area contributed by atoms with Crippen LogP contribution in [0.15, 0.2) is 52.9 Å². The van der Waals surface area contributed by atoms with Crippen molar-refractivity contribution in [2.24, 2.45) is 5.92 Å². The fourth-order valence-corrected chi connectivity index (χ4v) is 3.01. The van der Waals surface area contributed by atoms with Crippen molar-refractivity contribution in [2.75, 3.05) is 0 Å². The molecular weight excluding hydrogens is 440 g/mol. The fourth-order valence-electron chi connectivity index (χ4n) is 2.75. The number of benzene rings is 2. The first-order valence-electron chi connectivity index (χ1n) is 9.55. The van der Waals surface area contributed by atoms with E-state index in [1.807, 2.05) is 18.2 Å². The number of amides is 1. The number of rotatable bonds is 8. The molecule has 11 heteroatoms. The number of carbonyl (C=O) groups excluding carboxylic acids is 2. The van der Waals surface area contributed by atoms with E-state index in [0.29, 0.717) is 0 Å². The van der Waals surface area contributed by atoms with Gasteiger partial charge in [-0.25, -0.2) is 4.79 Å². The van der Waals surface area contributed by atoms with E-state index in [-0.39, 0.29) is 40.6 Å². The Morgan fingerprint density at radius 3 is 2.53 bits per heavy atom. The van der Waals surface area contributed by atoms with Crippen LogP contribution in [0, 0.1) is 16.0 Å². The van der Waals surface area contributed by atoms with Crippen LogP contribution in [-0.2, 0) is 16.1 Å². The second kappa shape index (κ2) is 10.0. The highest BCUT2D eigenvalue weighted by Crippen LogP contribution is 2.23. The smallest absolute Gasteiger partial charge is 0.329 e. The van der Waals surface area contributed by atoms with Crippen molar-refractivity contribution >= 4 is 29.2 Å². The summed E-state index contributed by atoms with van der Waals surface area (Å²) in [4.78, 5) is 35.4. The topological polar surface area (TPSA) is 137 Å². The Morgan fingerprint density at radius 1 is 1.19 bits per heavy atom. The van der Waals surface area contributed by atoms with Gasteiger partial charge in [-0.1, -0.05) is 43.6 Å². The van der Waals surface area contributed by atoms with Gasteiger partial charge < -0.3 is 14.5 Å². The number of nitrogens with one attached hydrogen (secondary N) is 1. The quantitative estimate of drug-likeness (QED) is 0.305. The Kier molecular flexibility index (Phi) is 7.16. The van der Waals surface area contributed by atoms with Gasteiger partial charge in [0.05, 0.1) is 15.5 Å². The molecular formula is C21H19ClN4O6.